The van der Waals surface area contributed by atoms with Gasteiger partial charge in [-0.1, -0.05) is 6.92 Å². The van der Waals surface area contributed by atoms with Crippen LogP contribution in [0.1, 0.15) is 13.3 Å². The van der Waals surface area contributed by atoms with Crippen LogP contribution >= 0.6 is 0 Å². The standard InChI is InChI=1S/C10H17N3O3S/c1-3-8(7-16-2)13-17(14,15)10-6-12-5-4-9(10)11/h4-6,8,13H,3,7H2,1-2H3,(H2,11,12). The fraction of sp³-hybridized carbons (Fsp3) is 0.500. The lowest BCUT2D eigenvalue weighted by atomic mass is 10.3. The Labute approximate surface area is 101 Å². The average molecular weight is 259 g/mol. The van der Waals surface area contributed by atoms with Gasteiger partial charge in [-0.3, -0.25) is 4.98 Å². The summed E-state index contributed by atoms with van der Waals surface area (Å²) in [7, 11) is -2.12. The highest BCUT2D eigenvalue weighted by molar-refractivity contribution is 7.89. The van der Waals surface area contributed by atoms with Gasteiger partial charge in [-0.15, -0.1) is 0 Å². The predicted octanol–water partition coefficient (Wildman–Crippen LogP) is 0.367. The van der Waals surface area contributed by atoms with Crippen LogP contribution < -0.4 is 10.5 Å². The van der Waals surface area contributed by atoms with Crippen LogP contribution in [0.5, 0.6) is 0 Å². The number of sulfonamides is 1. The number of nitrogens with two attached hydrogens (primary N) is 1. The number of nitrogen functional groups attached to an aromatic ring is 1. The van der Waals surface area contributed by atoms with Crippen molar-refractivity contribution in [1.29, 1.82) is 0 Å². The van der Waals surface area contributed by atoms with E-state index < -0.39 is 10.0 Å². The second kappa shape index (κ2) is 5.95. The zero-order chi connectivity index (χ0) is 12.9. The Hall–Kier alpha value is -1.18. The minimum Gasteiger partial charge on any atom is -0.398 e. The van der Waals surface area contributed by atoms with E-state index in [1.165, 1.54) is 25.6 Å². The van der Waals surface area contributed by atoms with Crippen molar-refractivity contribution in [3.63, 3.8) is 0 Å². The Morgan fingerprint density at radius 1 is 1.59 bits per heavy atom. The molecule has 96 valence electrons. The van der Waals surface area contributed by atoms with Crippen molar-refractivity contribution in [2.45, 2.75) is 24.3 Å². The van der Waals surface area contributed by atoms with Crippen molar-refractivity contribution >= 4 is 15.7 Å². The predicted molar refractivity (Wildman–Crippen MR) is 64.9 cm³/mol. The molecule has 1 aromatic heterocycles. The molecule has 1 atom stereocenters. The van der Waals surface area contributed by atoms with Crippen molar-refractivity contribution in [1.82, 2.24) is 9.71 Å². The molecule has 17 heavy (non-hydrogen) atoms. The van der Waals surface area contributed by atoms with Crippen molar-refractivity contribution in [2.24, 2.45) is 0 Å². The summed E-state index contributed by atoms with van der Waals surface area (Å²) < 4.78 is 31.5. The highest BCUT2D eigenvalue weighted by atomic mass is 32.2. The fourth-order valence-corrected chi connectivity index (χ4v) is 2.71. The van der Waals surface area contributed by atoms with Crippen molar-refractivity contribution in [3.8, 4) is 0 Å². The first-order valence-electron chi connectivity index (χ1n) is 5.22. The van der Waals surface area contributed by atoms with Gasteiger partial charge in [0.2, 0.25) is 10.0 Å². The number of ether oxygens (including phenoxy) is 1. The molecule has 0 saturated heterocycles. The van der Waals surface area contributed by atoms with Crippen LogP contribution in [-0.2, 0) is 14.8 Å². The molecular formula is C10H17N3O3S. The van der Waals surface area contributed by atoms with Crippen LogP contribution in [0.2, 0.25) is 0 Å². The van der Waals surface area contributed by atoms with Crippen LogP contribution in [0.15, 0.2) is 23.4 Å². The van der Waals surface area contributed by atoms with Gasteiger partial charge in [0.15, 0.2) is 0 Å². The van der Waals surface area contributed by atoms with E-state index in [4.69, 9.17) is 10.5 Å². The second-order valence-electron chi connectivity index (χ2n) is 3.60. The maximum atomic E-state index is 12.0. The van der Waals surface area contributed by atoms with Gasteiger partial charge in [-0.05, 0) is 12.5 Å². The van der Waals surface area contributed by atoms with Crippen molar-refractivity contribution in [3.05, 3.63) is 18.5 Å². The van der Waals surface area contributed by atoms with Gasteiger partial charge in [0.1, 0.15) is 4.90 Å². The Bertz CT molecular complexity index is 462. The van der Waals surface area contributed by atoms with E-state index in [1.54, 1.807) is 0 Å². The van der Waals surface area contributed by atoms with E-state index in [2.05, 4.69) is 9.71 Å². The van der Waals surface area contributed by atoms with Gasteiger partial charge >= 0.3 is 0 Å². The smallest absolute Gasteiger partial charge is 0.244 e. The van der Waals surface area contributed by atoms with E-state index in [-0.39, 0.29) is 16.6 Å². The SMILES string of the molecule is CCC(COC)NS(=O)(=O)c1cnccc1N. The first-order chi connectivity index (χ1) is 8.01. The fourth-order valence-electron chi connectivity index (χ4n) is 1.33. The molecule has 7 heteroatoms. The molecule has 0 aliphatic rings. The number of rotatable bonds is 6. The summed E-state index contributed by atoms with van der Waals surface area (Å²) in [5.74, 6) is 0. The number of hydrogen-bond donors (Lipinski definition) is 2. The Morgan fingerprint density at radius 2 is 2.29 bits per heavy atom. The van der Waals surface area contributed by atoms with Crippen molar-refractivity contribution < 1.29 is 13.2 Å². The lowest BCUT2D eigenvalue weighted by Crippen LogP contribution is -2.37. The minimum absolute atomic E-state index is 0.00504. The number of nitrogens with one attached hydrogen (secondary N) is 1. The molecule has 3 N–H and O–H groups in total. The van der Waals surface area contributed by atoms with E-state index in [0.717, 1.165) is 0 Å². The molecule has 1 heterocycles. The molecule has 1 unspecified atom stereocenters. The van der Waals surface area contributed by atoms with Crippen LogP contribution in [0.3, 0.4) is 0 Å². The third kappa shape index (κ3) is 3.65. The van der Waals surface area contributed by atoms with Gasteiger partial charge < -0.3 is 10.5 Å². The Morgan fingerprint density at radius 3 is 2.82 bits per heavy atom. The van der Waals surface area contributed by atoms with Gasteiger partial charge in [-0.2, -0.15) is 0 Å². The summed E-state index contributed by atoms with van der Waals surface area (Å²) in [5.41, 5.74) is 5.79. The van der Waals surface area contributed by atoms with Gasteiger partial charge in [0, 0.05) is 25.5 Å². The summed E-state index contributed by atoms with van der Waals surface area (Å²) in [5, 5.41) is 0. The van der Waals surface area contributed by atoms with E-state index >= 15 is 0 Å². The average Bonchev–Trinajstić information content (AvgIpc) is 2.28. The molecule has 0 fully saturated rings. The normalized spacial score (nSPS) is 13.5. The third-order valence-electron chi connectivity index (χ3n) is 2.29. The minimum atomic E-state index is -3.64. The number of aromatic nitrogens is 1. The molecule has 0 spiro atoms. The maximum Gasteiger partial charge on any atom is 0.244 e. The van der Waals surface area contributed by atoms with Crippen LogP contribution in [0.25, 0.3) is 0 Å². The molecule has 0 radical (unpaired) electrons. The number of nitrogens with zero attached hydrogens (tertiary/aromatic N) is 1. The zero-order valence-corrected chi connectivity index (χ0v) is 10.7. The van der Waals surface area contributed by atoms with E-state index in [1.807, 2.05) is 6.92 Å². The summed E-state index contributed by atoms with van der Waals surface area (Å²) in [6.45, 7) is 2.19. The van der Waals surface area contributed by atoms with E-state index in [9.17, 15) is 8.42 Å². The molecule has 0 saturated carbocycles. The Balaban J connectivity index is 2.92. The molecular weight excluding hydrogens is 242 g/mol. The van der Waals surface area contributed by atoms with Gasteiger partial charge in [0.05, 0.1) is 12.3 Å². The molecule has 0 aromatic carbocycles. The molecule has 0 amide bonds. The van der Waals surface area contributed by atoms with Crippen LogP contribution in [0, 0.1) is 0 Å². The Kier molecular flexibility index (Phi) is 4.86. The summed E-state index contributed by atoms with van der Waals surface area (Å²) in [4.78, 5) is 3.76. The first-order valence-corrected chi connectivity index (χ1v) is 6.70. The molecule has 6 nitrogen and oxygen atoms in total. The first kappa shape index (κ1) is 13.9. The molecule has 1 rings (SSSR count). The summed E-state index contributed by atoms with van der Waals surface area (Å²) >= 11 is 0. The highest BCUT2D eigenvalue weighted by Crippen LogP contribution is 2.16. The van der Waals surface area contributed by atoms with E-state index in [0.29, 0.717) is 13.0 Å². The highest BCUT2D eigenvalue weighted by Gasteiger charge is 2.21. The zero-order valence-electron chi connectivity index (χ0n) is 9.88. The molecule has 0 bridgehead atoms. The molecule has 1 aromatic rings. The number of anilines is 1. The van der Waals surface area contributed by atoms with Crippen LogP contribution in [-0.4, -0.2) is 33.2 Å². The second-order valence-corrected chi connectivity index (χ2v) is 5.28. The summed E-state index contributed by atoms with van der Waals surface area (Å²) in [6, 6.07) is 1.18. The number of pyridine rings is 1. The monoisotopic (exact) mass is 259 g/mol. The summed E-state index contributed by atoms with van der Waals surface area (Å²) in [6.07, 6.45) is 3.31. The lowest BCUT2D eigenvalue weighted by molar-refractivity contribution is 0.173. The third-order valence-corrected chi connectivity index (χ3v) is 3.85. The quantitative estimate of drug-likeness (QED) is 0.769. The molecule has 0 aliphatic heterocycles. The van der Waals surface area contributed by atoms with Gasteiger partial charge in [0.25, 0.3) is 0 Å². The largest absolute Gasteiger partial charge is 0.398 e. The lowest BCUT2D eigenvalue weighted by Gasteiger charge is -2.16. The topological polar surface area (TPSA) is 94.3 Å². The number of methoxy groups -OCH3 is 1. The van der Waals surface area contributed by atoms with Gasteiger partial charge in [-0.25, -0.2) is 13.1 Å². The van der Waals surface area contributed by atoms with Crippen molar-refractivity contribution in [2.75, 3.05) is 19.5 Å². The number of hydrogen-bond acceptors (Lipinski definition) is 5. The van der Waals surface area contributed by atoms with Crippen LogP contribution in [0.4, 0.5) is 5.69 Å². The molecule has 0 aliphatic carbocycles. The maximum absolute atomic E-state index is 12.0.